The number of ether oxygens (including phenoxy) is 1. The minimum absolute atomic E-state index is 0.0592. The SMILES string of the molecule is CC(=O)Cc1ccn(CCCCc2ccc(NC(=O)Cc3cccc(OC(F)(F)F)c3)nn2)c(=O)n1. The third-order valence-electron chi connectivity index (χ3n) is 4.93. The van der Waals surface area contributed by atoms with Gasteiger partial charge >= 0.3 is 12.1 Å². The number of carbonyl (C=O) groups excluding carboxylic acids is 2. The van der Waals surface area contributed by atoms with Gasteiger partial charge in [-0.2, -0.15) is 10.1 Å². The molecule has 3 aromatic rings. The first-order chi connectivity index (χ1) is 17.1. The molecule has 0 bridgehead atoms. The second kappa shape index (κ2) is 12.0. The number of aryl methyl sites for hydroxylation is 2. The van der Waals surface area contributed by atoms with E-state index in [9.17, 15) is 27.6 Å². The van der Waals surface area contributed by atoms with Gasteiger partial charge in [-0.3, -0.25) is 14.2 Å². The minimum atomic E-state index is -4.81. The van der Waals surface area contributed by atoms with Crippen molar-refractivity contribution in [2.24, 2.45) is 0 Å². The van der Waals surface area contributed by atoms with E-state index in [1.54, 1.807) is 24.4 Å². The standard InChI is InChI=1S/C24H24F3N5O4/c1-16(33)13-19-10-12-32(23(35)28-19)11-3-2-6-18-8-9-21(31-30-18)29-22(34)15-17-5-4-7-20(14-17)36-24(25,26)27/h4-5,7-10,12,14H,2-3,6,11,13,15H2,1H3,(H,29,31,34). The average molecular weight is 503 g/mol. The van der Waals surface area contributed by atoms with Crippen molar-refractivity contribution in [3.8, 4) is 5.75 Å². The lowest BCUT2D eigenvalue weighted by Gasteiger charge is -2.10. The number of nitrogens with one attached hydrogen (secondary N) is 1. The first-order valence-electron chi connectivity index (χ1n) is 11.1. The summed E-state index contributed by atoms with van der Waals surface area (Å²) in [5.74, 6) is -0.705. The Morgan fingerprint density at radius 3 is 2.50 bits per heavy atom. The van der Waals surface area contributed by atoms with Crippen LogP contribution in [0.3, 0.4) is 0 Å². The van der Waals surface area contributed by atoms with Gasteiger partial charge in [0.25, 0.3) is 0 Å². The van der Waals surface area contributed by atoms with Gasteiger partial charge in [0, 0.05) is 19.2 Å². The van der Waals surface area contributed by atoms with E-state index in [0.717, 1.165) is 18.6 Å². The largest absolute Gasteiger partial charge is 0.573 e. The van der Waals surface area contributed by atoms with E-state index in [1.807, 2.05) is 0 Å². The number of anilines is 1. The molecule has 2 heterocycles. The van der Waals surface area contributed by atoms with Crippen molar-refractivity contribution in [3.05, 3.63) is 76.1 Å². The van der Waals surface area contributed by atoms with E-state index < -0.39 is 23.7 Å². The first kappa shape index (κ1) is 26.5. The molecule has 0 fully saturated rings. The predicted molar refractivity (Wildman–Crippen MR) is 123 cm³/mol. The first-order valence-corrected chi connectivity index (χ1v) is 11.1. The maximum atomic E-state index is 12.4. The van der Waals surface area contributed by atoms with Crippen LogP contribution in [0, 0.1) is 0 Å². The Morgan fingerprint density at radius 1 is 1.03 bits per heavy atom. The summed E-state index contributed by atoms with van der Waals surface area (Å²) in [5, 5.41) is 10.6. The highest BCUT2D eigenvalue weighted by molar-refractivity contribution is 5.91. The zero-order valence-corrected chi connectivity index (χ0v) is 19.4. The van der Waals surface area contributed by atoms with Crippen LogP contribution in [0.15, 0.2) is 53.5 Å². The zero-order chi connectivity index (χ0) is 26.1. The Hall–Kier alpha value is -4.09. The molecule has 0 aliphatic carbocycles. The molecule has 0 radical (unpaired) electrons. The van der Waals surface area contributed by atoms with E-state index in [4.69, 9.17) is 0 Å². The fraction of sp³-hybridized carbons (Fsp3) is 0.333. The fourth-order valence-electron chi connectivity index (χ4n) is 3.36. The topological polar surface area (TPSA) is 116 Å². The molecule has 1 N–H and O–H groups in total. The van der Waals surface area contributed by atoms with Crippen LogP contribution in [0.25, 0.3) is 0 Å². The Labute approximate surface area is 204 Å². The number of hydrogen-bond donors (Lipinski definition) is 1. The number of amides is 1. The van der Waals surface area contributed by atoms with Gasteiger partial charge in [0.2, 0.25) is 5.91 Å². The van der Waals surface area contributed by atoms with E-state index in [2.05, 4.69) is 25.2 Å². The number of Topliss-reactive ketones (excluding diaryl/α,β-unsaturated/α-hetero) is 1. The zero-order valence-electron chi connectivity index (χ0n) is 19.4. The Balaban J connectivity index is 1.43. The quantitative estimate of drug-likeness (QED) is 0.399. The summed E-state index contributed by atoms with van der Waals surface area (Å²) in [6.07, 6.45) is -1.17. The summed E-state index contributed by atoms with van der Waals surface area (Å²) in [6, 6.07) is 10.1. The molecule has 0 spiro atoms. The minimum Gasteiger partial charge on any atom is -0.406 e. The number of hydrogen-bond acceptors (Lipinski definition) is 7. The van der Waals surface area contributed by atoms with Crippen LogP contribution < -0.4 is 15.7 Å². The van der Waals surface area contributed by atoms with Gasteiger partial charge in [-0.15, -0.1) is 18.3 Å². The van der Waals surface area contributed by atoms with Crippen molar-refractivity contribution in [2.45, 2.75) is 51.9 Å². The number of alkyl halides is 3. The normalized spacial score (nSPS) is 11.2. The third kappa shape index (κ3) is 8.93. The lowest BCUT2D eigenvalue weighted by atomic mass is 10.1. The second-order valence-electron chi connectivity index (χ2n) is 8.06. The van der Waals surface area contributed by atoms with Gasteiger partial charge in [0.15, 0.2) is 5.82 Å². The van der Waals surface area contributed by atoms with Crippen LogP contribution in [0.4, 0.5) is 19.0 Å². The molecule has 3 rings (SSSR count). The molecular weight excluding hydrogens is 479 g/mol. The molecule has 0 saturated carbocycles. The van der Waals surface area contributed by atoms with Crippen molar-refractivity contribution in [1.82, 2.24) is 19.7 Å². The number of ketones is 1. The highest BCUT2D eigenvalue weighted by Gasteiger charge is 2.31. The van der Waals surface area contributed by atoms with Gasteiger partial charge < -0.3 is 10.1 Å². The van der Waals surface area contributed by atoms with Gasteiger partial charge in [-0.1, -0.05) is 12.1 Å². The molecule has 0 atom stereocenters. The molecule has 190 valence electrons. The van der Waals surface area contributed by atoms with E-state index in [1.165, 1.54) is 23.6 Å². The Morgan fingerprint density at radius 2 is 1.83 bits per heavy atom. The van der Waals surface area contributed by atoms with Crippen LogP contribution in [0.5, 0.6) is 5.75 Å². The third-order valence-corrected chi connectivity index (χ3v) is 4.93. The van der Waals surface area contributed by atoms with Crippen molar-refractivity contribution >= 4 is 17.5 Å². The molecule has 12 heteroatoms. The van der Waals surface area contributed by atoms with Gasteiger partial charge in [0.05, 0.1) is 17.8 Å². The number of nitrogens with zero attached hydrogens (tertiary/aromatic N) is 4. The molecule has 0 aliphatic heterocycles. The van der Waals surface area contributed by atoms with E-state index in [-0.39, 0.29) is 24.4 Å². The van der Waals surface area contributed by atoms with Crippen molar-refractivity contribution < 1.29 is 27.5 Å². The monoisotopic (exact) mass is 503 g/mol. The van der Waals surface area contributed by atoms with Gasteiger partial charge in [-0.05, 0) is 62.1 Å². The van der Waals surface area contributed by atoms with Crippen LogP contribution in [0.2, 0.25) is 0 Å². The number of aromatic nitrogens is 4. The molecule has 9 nitrogen and oxygen atoms in total. The number of unbranched alkanes of at least 4 members (excludes halogenated alkanes) is 1. The second-order valence-corrected chi connectivity index (χ2v) is 8.06. The maximum Gasteiger partial charge on any atom is 0.573 e. The van der Waals surface area contributed by atoms with E-state index in [0.29, 0.717) is 36.3 Å². The summed E-state index contributed by atoms with van der Waals surface area (Å²) < 4.78 is 42.4. The number of carbonyl (C=O) groups is 2. The summed E-state index contributed by atoms with van der Waals surface area (Å²) in [7, 11) is 0. The number of halogens is 3. The molecule has 1 amide bonds. The lowest BCUT2D eigenvalue weighted by molar-refractivity contribution is -0.274. The highest BCUT2D eigenvalue weighted by Crippen LogP contribution is 2.23. The predicted octanol–water partition coefficient (Wildman–Crippen LogP) is 3.27. The summed E-state index contributed by atoms with van der Waals surface area (Å²) in [5.41, 5.74) is 1.11. The lowest BCUT2D eigenvalue weighted by Crippen LogP contribution is -2.24. The maximum absolute atomic E-state index is 12.4. The number of rotatable bonds is 11. The Bertz CT molecular complexity index is 1260. The fourth-order valence-corrected chi connectivity index (χ4v) is 3.36. The van der Waals surface area contributed by atoms with Gasteiger partial charge in [0.1, 0.15) is 11.5 Å². The molecule has 0 unspecified atom stereocenters. The molecule has 0 aliphatic rings. The average Bonchev–Trinajstić information content (AvgIpc) is 2.77. The molecule has 36 heavy (non-hydrogen) atoms. The summed E-state index contributed by atoms with van der Waals surface area (Å²) in [4.78, 5) is 39.3. The van der Waals surface area contributed by atoms with Crippen LogP contribution >= 0.6 is 0 Å². The Kier molecular flexibility index (Phi) is 8.87. The smallest absolute Gasteiger partial charge is 0.406 e. The van der Waals surface area contributed by atoms with Crippen molar-refractivity contribution in [3.63, 3.8) is 0 Å². The molecular formula is C24H24F3N5O4. The van der Waals surface area contributed by atoms with Crippen LogP contribution in [0.1, 0.15) is 36.7 Å². The molecule has 0 saturated heterocycles. The van der Waals surface area contributed by atoms with Crippen molar-refractivity contribution in [2.75, 3.05) is 5.32 Å². The highest BCUT2D eigenvalue weighted by atomic mass is 19.4. The molecule has 2 aromatic heterocycles. The van der Waals surface area contributed by atoms with E-state index >= 15 is 0 Å². The molecule has 1 aromatic carbocycles. The van der Waals surface area contributed by atoms with Crippen molar-refractivity contribution in [1.29, 1.82) is 0 Å². The van der Waals surface area contributed by atoms with Crippen LogP contribution in [-0.2, 0) is 35.4 Å². The summed E-state index contributed by atoms with van der Waals surface area (Å²) >= 11 is 0. The van der Waals surface area contributed by atoms with Crippen LogP contribution in [-0.4, -0.2) is 37.8 Å². The van der Waals surface area contributed by atoms with Gasteiger partial charge in [-0.25, -0.2) is 4.79 Å². The number of benzene rings is 1. The summed E-state index contributed by atoms with van der Waals surface area (Å²) in [6.45, 7) is 1.92.